The van der Waals surface area contributed by atoms with Crippen LogP contribution in [0, 0.1) is 23.2 Å². The standard InChI is InChI=1S/C23H28N2O2S/c1-13-16-9-10-23(3)11-17-19(14(2)18(23)20(16)27-21(13)26)25-22(28-17)24-12-15-7-5-4-6-8-15/h4-8,13-14,16,18,20H,9-12H2,1-3H3,(H,24,25)/t13-,14-,16-,18+,20-,23-/m0/s1. The summed E-state index contributed by atoms with van der Waals surface area (Å²) in [5.74, 6) is 1.12. The predicted octanol–water partition coefficient (Wildman–Crippen LogP) is 5.01. The van der Waals surface area contributed by atoms with Crippen molar-refractivity contribution in [3.05, 3.63) is 46.5 Å². The number of hydrogen-bond donors (Lipinski definition) is 1. The Balaban J connectivity index is 1.41. The predicted molar refractivity (Wildman–Crippen MR) is 111 cm³/mol. The molecule has 0 amide bonds. The van der Waals surface area contributed by atoms with E-state index >= 15 is 0 Å². The van der Waals surface area contributed by atoms with Crippen LogP contribution in [0.25, 0.3) is 0 Å². The number of benzene rings is 1. The molecule has 2 aliphatic carbocycles. The van der Waals surface area contributed by atoms with E-state index in [4.69, 9.17) is 9.72 Å². The van der Waals surface area contributed by atoms with Crippen molar-refractivity contribution in [3.63, 3.8) is 0 Å². The molecule has 6 atom stereocenters. The fraction of sp³-hybridized carbons (Fsp3) is 0.565. The third-order valence-corrected chi connectivity index (χ3v) is 8.47. The monoisotopic (exact) mass is 396 g/mol. The number of rotatable bonds is 3. The molecular weight excluding hydrogens is 368 g/mol. The Hall–Kier alpha value is -1.88. The molecule has 5 rings (SSSR count). The van der Waals surface area contributed by atoms with Gasteiger partial charge in [-0.2, -0.15) is 0 Å². The van der Waals surface area contributed by atoms with Crippen LogP contribution in [0.4, 0.5) is 5.13 Å². The first-order valence-corrected chi connectivity index (χ1v) is 11.3. The topological polar surface area (TPSA) is 51.2 Å². The molecule has 1 saturated heterocycles. The second-order valence-electron chi connectivity index (χ2n) is 9.20. The molecule has 2 heterocycles. The molecule has 148 valence electrons. The Bertz CT molecular complexity index is 895. The van der Waals surface area contributed by atoms with E-state index in [1.807, 2.05) is 24.3 Å². The molecule has 2 fully saturated rings. The highest BCUT2D eigenvalue weighted by atomic mass is 32.1. The van der Waals surface area contributed by atoms with E-state index in [-0.39, 0.29) is 23.4 Å². The van der Waals surface area contributed by atoms with E-state index in [2.05, 4.69) is 43.4 Å². The minimum absolute atomic E-state index is 0.000687. The quantitative estimate of drug-likeness (QED) is 0.741. The average molecular weight is 397 g/mol. The van der Waals surface area contributed by atoms with Gasteiger partial charge in [-0.3, -0.25) is 4.79 Å². The summed E-state index contributed by atoms with van der Waals surface area (Å²) in [6, 6.07) is 10.4. The van der Waals surface area contributed by atoms with E-state index in [1.54, 1.807) is 0 Å². The summed E-state index contributed by atoms with van der Waals surface area (Å²) in [4.78, 5) is 18.7. The molecular formula is C23H28N2O2S. The Morgan fingerprint density at radius 3 is 2.82 bits per heavy atom. The van der Waals surface area contributed by atoms with Crippen molar-refractivity contribution in [2.45, 2.75) is 58.6 Å². The zero-order chi connectivity index (χ0) is 19.5. The van der Waals surface area contributed by atoms with E-state index in [9.17, 15) is 4.79 Å². The van der Waals surface area contributed by atoms with Crippen molar-refractivity contribution >= 4 is 22.4 Å². The number of anilines is 1. The molecule has 1 aromatic carbocycles. The van der Waals surface area contributed by atoms with Gasteiger partial charge in [0.2, 0.25) is 0 Å². The molecule has 1 saturated carbocycles. The molecule has 1 N–H and O–H groups in total. The molecule has 4 nitrogen and oxygen atoms in total. The minimum atomic E-state index is 0.000687. The van der Waals surface area contributed by atoms with Crippen molar-refractivity contribution in [1.29, 1.82) is 0 Å². The van der Waals surface area contributed by atoms with Crippen LogP contribution in [0.5, 0.6) is 0 Å². The maximum absolute atomic E-state index is 12.2. The van der Waals surface area contributed by atoms with Gasteiger partial charge in [0.1, 0.15) is 6.10 Å². The average Bonchev–Trinajstić information content (AvgIpc) is 3.21. The number of aromatic nitrogens is 1. The second kappa shape index (κ2) is 6.58. The molecule has 0 bridgehead atoms. The van der Waals surface area contributed by atoms with Gasteiger partial charge in [0.15, 0.2) is 5.13 Å². The maximum atomic E-state index is 12.2. The van der Waals surface area contributed by atoms with Crippen LogP contribution in [-0.2, 0) is 22.5 Å². The number of nitrogens with zero attached hydrogens (tertiary/aromatic N) is 1. The lowest BCUT2D eigenvalue weighted by Crippen LogP contribution is -2.50. The molecule has 2 aromatic rings. The zero-order valence-electron chi connectivity index (χ0n) is 16.8. The van der Waals surface area contributed by atoms with Crippen LogP contribution in [-0.4, -0.2) is 17.1 Å². The van der Waals surface area contributed by atoms with Gasteiger partial charge in [-0.05, 0) is 30.2 Å². The van der Waals surface area contributed by atoms with Gasteiger partial charge in [-0.25, -0.2) is 4.98 Å². The SMILES string of the molecule is C[C@@H]1C(=O)O[C@H]2[C@H]1CC[C@@]1(C)Cc3sc(NCc4ccccc4)nc3[C@@H](C)[C@H]21. The lowest BCUT2D eigenvalue weighted by Gasteiger charge is -2.51. The first-order chi connectivity index (χ1) is 13.5. The summed E-state index contributed by atoms with van der Waals surface area (Å²) in [5.41, 5.74) is 2.68. The first kappa shape index (κ1) is 18.2. The van der Waals surface area contributed by atoms with Crippen molar-refractivity contribution in [1.82, 2.24) is 4.98 Å². The minimum Gasteiger partial charge on any atom is -0.461 e. The Labute approximate surface area is 170 Å². The largest absolute Gasteiger partial charge is 0.461 e. The molecule has 28 heavy (non-hydrogen) atoms. The summed E-state index contributed by atoms with van der Waals surface area (Å²) < 4.78 is 5.93. The van der Waals surface area contributed by atoms with Crippen LogP contribution in [0.15, 0.2) is 30.3 Å². The van der Waals surface area contributed by atoms with Crippen molar-refractivity contribution in [2.75, 3.05) is 5.32 Å². The number of esters is 1. The van der Waals surface area contributed by atoms with Crippen LogP contribution in [0.3, 0.4) is 0 Å². The molecule has 1 aliphatic heterocycles. The fourth-order valence-electron chi connectivity index (χ4n) is 5.93. The molecule has 0 radical (unpaired) electrons. The molecule has 5 heteroatoms. The highest BCUT2D eigenvalue weighted by Gasteiger charge is 2.58. The van der Waals surface area contributed by atoms with Crippen molar-refractivity contribution in [2.24, 2.45) is 23.2 Å². The number of thiazole rings is 1. The van der Waals surface area contributed by atoms with E-state index in [0.717, 1.165) is 24.5 Å². The normalized spacial score (nSPS) is 36.2. The molecule has 1 aromatic heterocycles. The summed E-state index contributed by atoms with van der Waals surface area (Å²) >= 11 is 1.81. The fourth-order valence-corrected chi connectivity index (χ4v) is 7.19. The first-order valence-electron chi connectivity index (χ1n) is 10.4. The summed E-state index contributed by atoms with van der Waals surface area (Å²) in [7, 11) is 0. The second-order valence-corrected chi connectivity index (χ2v) is 10.3. The highest BCUT2D eigenvalue weighted by molar-refractivity contribution is 7.15. The smallest absolute Gasteiger partial charge is 0.309 e. The van der Waals surface area contributed by atoms with Gasteiger partial charge in [0.25, 0.3) is 0 Å². The summed E-state index contributed by atoms with van der Waals surface area (Å²) in [6.45, 7) is 7.53. The van der Waals surface area contributed by atoms with Gasteiger partial charge in [0.05, 0.1) is 11.6 Å². The lowest BCUT2D eigenvalue weighted by atomic mass is 9.54. The number of nitrogens with one attached hydrogen (secondary N) is 1. The summed E-state index contributed by atoms with van der Waals surface area (Å²) in [6.07, 6.45) is 3.39. The number of carbonyl (C=O) groups excluding carboxylic acids is 1. The third-order valence-electron chi connectivity index (χ3n) is 7.44. The Morgan fingerprint density at radius 1 is 1.25 bits per heavy atom. The summed E-state index contributed by atoms with van der Waals surface area (Å²) in [5, 5.41) is 4.53. The third kappa shape index (κ3) is 2.78. The van der Waals surface area contributed by atoms with Gasteiger partial charge in [0, 0.05) is 29.2 Å². The lowest BCUT2D eigenvalue weighted by molar-refractivity contribution is -0.149. The van der Waals surface area contributed by atoms with Gasteiger partial charge in [-0.15, -0.1) is 11.3 Å². The Morgan fingerprint density at radius 2 is 2.04 bits per heavy atom. The highest BCUT2D eigenvalue weighted by Crippen LogP contribution is 2.59. The van der Waals surface area contributed by atoms with Crippen LogP contribution < -0.4 is 5.32 Å². The number of fused-ring (bicyclic) bond motifs is 4. The zero-order valence-corrected chi connectivity index (χ0v) is 17.6. The molecule has 0 spiro atoms. The molecule has 3 aliphatic rings. The maximum Gasteiger partial charge on any atom is 0.309 e. The van der Waals surface area contributed by atoms with Gasteiger partial charge < -0.3 is 10.1 Å². The number of ether oxygens (including phenoxy) is 1. The number of carbonyl (C=O) groups is 1. The van der Waals surface area contributed by atoms with Crippen molar-refractivity contribution < 1.29 is 9.53 Å². The van der Waals surface area contributed by atoms with Gasteiger partial charge >= 0.3 is 5.97 Å². The van der Waals surface area contributed by atoms with E-state index in [0.29, 0.717) is 17.8 Å². The van der Waals surface area contributed by atoms with Crippen molar-refractivity contribution in [3.8, 4) is 0 Å². The van der Waals surface area contributed by atoms with Crippen LogP contribution in [0.2, 0.25) is 0 Å². The van der Waals surface area contributed by atoms with Gasteiger partial charge in [-0.1, -0.05) is 51.1 Å². The van der Waals surface area contributed by atoms with E-state index < -0.39 is 0 Å². The van der Waals surface area contributed by atoms with Crippen LogP contribution in [0.1, 0.15) is 55.7 Å². The van der Waals surface area contributed by atoms with Crippen LogP contribution >= 0.6 is 11.3 Å². The Kier molecular flexibility index (Phi) is 4.27. The molecule has 0 unspecified atom stereocenters. The number of hydrogen-bond acceptors (Lipinski definition) is 5. The van der Waals surface area contributed by atoms with E-state index in [1.165, 1.54) is 22.6 Å².